The van der Waals surface area contributed by atoms with Crippen LogP contribution < -0.4 is 4.72 Å². The summed E-state index contributed by atoms with van der Waals surface area (Å²) in [5.41, 5.74) is 3.06. The van der Waals surface area contributed by atoms with E-state index >= 15 is 0 Å². The number of aromatic nitrogens is 2. The molecule has 1 aromatic heterocycles. The predicted molar refractivity (Wildman–Crippen MR) is 184 cm³/mol. The van der Waals surface area contributed by atoms with Crippen LogP contribution in [0, 0.1) is 18.6 Å². The van der Waals surface area contributed by atoms with Crippen molar-refractivity contribution in [1.29, 1.82) is 0 Å². The van der Waals surface area contributed by atoms with Crippen LogP contribution in [-0.2, 0) is 15.4 Å². The summed E-state index contributed by atoms with van der Waals surface area (Å²) in [6.45, 7) is 3.90. The molecule has 2 bridgehead atoms. The van der Waals surface area contributed by atoms with Crippen molar-refractivity contribution in [3.8, 4) is 0 Å². The minimum absolute atomic E-state index is 0.149. The molecule has 8 rings (SSSR count). The maximum atomic E-state index is 14.7. The van der Waals surface area contributed by atoms with E-state index in [9.17, 15) is 22.0 Å². The lowest BCUT2D eigenvalue weighted by Crippen LogP contribution is -2.49. The van der Waals surface area contributed by atoms with Crippen LogP contribution >= 0.6 is 0 Å². The van der Waals surface area contributed by atoms with Crippen LogP contribution in [0.15, 0.2) is 71.6 Å². The minimum Gasteiger partial charge on any atom is -0.339 e. The molecule has 3 aliphatic heterocycles. The number of hydrogen-bond donors (Lipinski definition) is 1. The molecule has 0 radical (unpaired) electrons. The molecule has 8 nitrogen and oxygen atoms in total. The molecule has 0 spiro atoms. The van der Waals surface area contributed by atoms with Gasteiger partial charge < -0.3 is 9.47 Å². The van der Waals surface area contributed by atoms with Crippen LogP contribution in [0.4, 0.5) is 8.78 Å². The summed E-state index contributed by atoms with van der Waals surface area (Å²) in [5.74, 6) is -0.393. The Balaban J connectivity index is 0.980. The largest absolute Gasteiger partial charge is 0.339 e. The number of carbonyl (C=O) groups is 1. The molecule has 2 unspecified atom stereocenters. The average molecular weight is 688 g/mol. The number of rotatable bonds is 9. The van der Waals surface area contributed by atoms with Crippen molar-refractivity contribution in [2.45, 2.75) is 99.2 Å². The van der Waals surface area contributed by atoms with Gasteiger partial charge in [0.25, 0.3) is 5.91 Å². The zero-order valence-electron chi connectivity index (χ0n) is 27.8. The summed E-state index contributed by atoms with van der Waals surface area (Å²) in [5, 5.41) is 0. The van der Waals surface area contributed by atoms with Crippen molar-refractivity contribution in [1.82, 2.24) is 24.1 Å². The summed E-state index contributed by atoms with van der Waals surface area (Å²) < 4.78 is 59.9. The first-order valence-corrected chi connectivity index (χ1v) is 19.2. The van der Waals surface area contributed by atoms with E-state index < -0.39 is 20.7 Å². The molecular weight excluding hydrogens is 645 g/mol. The SMILES string of the molecule is Cc1nc2ccccc2n1C1CC2CCC(C1)N2CCC1(c2cccc(F)c2)CCN(C(=O)c2ccc(F)c(S(=O)(=O)NC3CC3)c2)CC1. The Morgan fingerprint density at radius 1 is 0.918 bits per heavy atom. The number of para-hydroxylation sites is 2. The molecular formula is C38H43F2N5O3S. The third-order valence-electron chi connectivity index (χ3n) is 11.7. The summed E-state index contributed by atoms with van der Waals surface area (Å²) >= 11 is 0. The molecule has 1 N–H and O–H groups in total. The van der Waals surface area contributed by atoms with Gasteiger partial charge in [-0.2, -0.15) is 0 Å². The molecule has 1 aliphatic carbocycles. The van der Waals surface area contributed by atoms with E-state index in [4.69, 9.17) is 4.98 Å². The van der Waals surface area contributed by atoms with Crippen LogP contribution in [0.3, 0.4) is 0 Å². The van der Waals surface area contributed by atoms with E-state index in [0.717, 1.165) is 67.7 Å². The van der Waals surface area contributed by atoms with E-state index in [1.54, 1.807) is 17.0 Å². The number of aryl methyl sites for hydroxylation is 1. The number of halogens is 2. The maximum absolute atomic E-state index is 14.7. The van der Waals surface area contributed by atoms with Gasteiger partial charge in [-0.15, -0.1) is 0 Å². The second-order valence-electron chi connectivity index (χ2n) is 14.6. The Kier molecular flexibility index (Phi) is 8.35. The molecule has 4 fully saturated rings. The lowest BCUT2D eigenvalue weighted by atomic mass is 9.70. The van der Waals surface area contributed by atoms with Crippen LogP contribution in [0.1, 0.15) is 85.6 Å². The fourth-order valence-corrected chi connectivity index (χ4v) is 10.3. The molecule has 258 valence electrons. The standard InChI is InChI=1S/C38H43F2N5O3S/c1-25-41-34-7-2-3-8-35(34)45(25)32-23-30-12-13-31(24-32)44(30)20-17-38(27-5-4-6-28(39)22-27)15-18-43(19-16-38)37(46)26-9-14-33(40)36(21-26)49(47,48)42-29-10-11-29/h2-9,14,21-22,29-32,42H,10-13,15-20,23-24H2,1H3. The second kappa shape index (κ2) is 12.6. The van der Waals surface area contributed by atoms with Gasteiger partial charge in [0.05, 0.1) is 11.0 Å². The Morgan fingerprint density at radius 3 is 2.37 bits per heavy atom. The molecule has 2 atom stereocenters. The van der Waals surface area contributed by atoms with Gasteiger partial charge in [-0.3, -0.25) is 9.69 Å². The van der Waals surface area contributed by atoms with E-state index in [-0.39, 0.29) is 28.7 Å². The van der Waals surface area contributed by atoms with E-state index in [0.29, 0.717) is 44.1 Å². The van der Waals surface area contributed by atoms with E-state index in [2.05, 4.69) is 39.3 Å². The number of benzene rings is 3. The number of amides is 1. The smallest absolute Gasteiger partial charge is 0.253 e. The number of piperidine rings is 2. The normalized spacial score (nSPS) is 24.1. The van der Waals surface area contributed by atoms with Crippen LogP contribution in [0.5, 0.6) is 0 Å². The van der Waals surface area contributed by atoms with Gasteiger partial charge in [0.2, 0.25) is 10.0 Å². The number of sulfonamides is 1. The molecule has 4 heterocycles. The van der Waals surface area contributed by atoms with E-state index in [1.165, 1.54) is 30.5 Å². The van der Waals surface area contributed by atoms with E-state index in [1.807, 2.05) is 12.1 Å². The van der Waals surface area contributed by atoms with Gasteiger partial charge in [-0.1, -0.05) is 24.3 Å². The average Bonchev–Trinajstić information content (AvgIpc) is 3.78. The van der Waals surface area contributed by atoms with Crippen molar-refractivity contribution < 1.29 is 22.0 Å². The molecule has 1 amide bonds. The first kappa shape index (κ1) is 32.5. The van der Waals surface area contributed by atoms with Gasteiger partial charge in [0.1, 0.15) is 22.4 Å². The van der Waals surface area contributed by atoms with Crippen molar-refractivity contribution in [3.05, 3.63) is 95.3 Å². The number of imidazole rings is 1. The third-order valence-corrected chi connectivity index (χ3v) is 13.2. The molecule has 3 aromatic carbocycles. The van der Waals surface area contributed by atoms with Crippen molar-refractivity contribution >= 4 is 27.0 Å². The summed E-state index contributed by atoms with van der Waals surface area (Å²) in [6.07, 6.45) is 8.13. The molecule has 49 heavy (non-hydrogen) atoms. The highest BCUT2D eigenvalue weighted by molar-refractivity contribution is 7.89. The Morgan fingerprint density at radius 2 is 1.65 bits per heavy atom. The lowest BCUT2D eigenvalue weighted by Gasteiger charge is -2.45. The number of nitrogens with zero attached hydrogens (tertiary/aromatic N) is 4. The first-order valence-electron chi connectivity index (χ1n) is 17.7. The Bertz CT molecular complexity index is 1990. The zero-order chi connectivity index (χ0) is 33.9. The summed E-state index contributed by atoms with van der Waals surface area (Å²) in [7, 11) is -4.06. The second-order valence-corrected chi connectivity index (χ2v) is 16.3. The molecule has 3 saturated heterocycles. The zero-order valence-corrected chi connectivity index (χ0v) is 28.6. The highest BCUT2D eigenvalue weighted by Crippen LogP contribution is 2.45. The molecule has 11 heteroatoms. The predicted octanol–water partition coefficient (Wildman–Crippen LogP) is 6.50. The molecule has 4 aliphatic rings. The van der Waals surface area contributed by atoms with Gasteiger partial charge in [0, 0.05) is 42.8 Å². The van der Waals surface area contributed by atoms with Gasteiger partial charge in [-0.25, -0.2) is 26.9 Å². The van der Waals surface area contributed by atoms with Crippen LogP contribution in [0.2, 0.25) is 0 Å². The maximum Gasteiger partial charge on any atom is 0.253 e. The number of nitrogens with one attached hydrogen (secondary N) is 1. The number of likely N-dealkylation sites (tertiary alicyclic amines) is 1. The quantitative estimate of drug-likeness (QED) is 0.217. The number of carbonyl (C=O) groups excluding carboxylic acids is 1. The molecule has 1 saturated carbocycles. The van der Waals surface area contributed by atoms with Crippen molar-refractivity contribution in [2.24, 2.45) is 0 Å². The van der Waals surface area contributed by atoms with Gasteiger partial charge in [0.15, 0.2) is 0 Å². The van der Waals surface area contributed by atoms with Gasteiger partial charge >= 0.3 is 0 Å². The number of hydrogen-bond acceptors (Lipinski definition) is 5. The summed E-state index contributed by atoms with van der Waals surface area (Å²) in [6, 6.07) is 20.1. The fourth-order valence-electron chi connectivity index (χ4n) is 8.94. The summed E-state index contributed by atoms with van der Waals surface area (Å²) in [4.78, 5) is 22.4. The number of fused-ring (bicyclic) bond motifs is 3. The first-order chi connectivity index (χ1) is 23.6. The van der Waals surface area contributed by atoms with Crippen molar-refractivity contribution in [2.75, 3.05) is 19.6 Å². The monoisotopic (exact) mass is 687 g/mol. The third kappa shape index (κ3) is 6.18. The van der Waals surface area contributed by atoms with Gasteiger partial charge in [-0.05, 0) is 125 Å². The fraction of sp³-hybridized carbons (Fsp3) is 0.474. The highest BCUT2D eigenvalue weighted by Gasteiger charge is 2.44. The highest BCUT2D eigenvalue weighted by atomic mass is 32.2. The Hall–Kier alpha value is -3.67. The minimum atomic E-state index is -4.06. The van der Waals surface area contributed by atoms with Crippen LogP contribution in [0.25, 0.3) is 11.0 Å². The topological polar surface area (TPSA) is 87.5 Å². The molecule has 4 aromatic rings. The van der Waals surface area contributed by atoms with Crippen molar-refractivity contribution in [3.63, 3.8) is 0 Å². The lowest BCUT2D eigenvalue weighted by molar-refractivity contribution is 0.0606. The Labute approximate surface area is 286 Å². The van der Waals surface area contributed by atoms with Crippen LogP contribution in [-0.4, -0.2) is 71.4 Å².